The lowest BCUT2D eigenvalue weighted by molar-refractivity contribution is 0.202. The molecule has 0 spiro atoms. The molecular formula is C17H29IN4O. The standard InChI is InChI=1S/C17H28N4O.HI/c1-14-6-5-7-16(15(14)2)20-9-11-21(12-10-20)17(18-3)19-8-13-22-4;/h5-7H,8-13H2,1-4H3,(H,18,19);1H. The number of anilines is 1. The molecule has 2 rings (SSSR count). The first kappa shape index (κ1) is 20.0. The molecule has 1 heterocycles. The number of ether oxygens (including phenoxy) is 1. The molecule has 0 saturated carbocycles. The number of aryl methyl sites for hydroxylation is 1. The Bertz CT molecular complexity index is 513. The second-order valence-electron chi connectivity index (χ2n) is 5.66. The van der Waals surface area contributed by atoms with Crippen LogP contribution in [0.25, 0.3) is 0 Å². The minimum Gasteiger partial charge on any atom is -0.383 e. The van der Waals surface area contributed by atoms with Crippen LogP contribution in [0.15, 0.2) is 23.2 Å². The smallest absolute Gasteiger partial charge is 0.193 e. The number of hydrogen-bond acceptors (Lipinski definition) is 3. The first-order valence-corrected chi connectivity index (χ1v) is 7.93. The van der Waals surface area contributed by atoms with E-state index in [1.807, 2.05) is 7.05 Å². The summed E-state index contributed by atoms with van der Waals surface area (Å²) >= 11 is 0. The number of piperazine rings is 1. The molecule has 1 aliphatic rings. The maximum absolute atomic E-state index is 5.08. The van der Waals surface area contributed by atoms with Crippen molar-refractivity contribution in [1.29, 1.82) is 0 Å². The third-order valence-electron chi connectivity index (χ3n) is 4.30. The molecule has 0 unspecified atom stereocenters. The molecule has 1 aromatic carbocycles. The highest BCUT2D eigenvalue weighted by Gasteiger charge is 2.20. The molecule has 5 nitrogen and oxygen atoms in total. The van der Waals surface area contributed by atoms with E-state index in [-0.39, 0.29) is 24.0 Å². The van der Waals surface area contributed by atoms with Gasteiger partial charge in [-0.2, -0.15) is 0 Å². The number of guanidine groups is 1. The van der Waals surface area contributed by atoms with Gasteiger partial charge in [-0.05, 0) is 31.0 Å². The van der Waals surface area contributed by atoms with E-state index in [0.29, 0.717) is 6.61 Å². The van der Waals surface area contributed by atoms with Gasteiger partial charge in [0, 0.05) is 52.6 Å². The Labute approximate surface area is 157 Å². The van der Waals surface area contributed by atoms with Crippen LogP contribution in [0.4, 0.5) is 5.69 Å². The van der Waals surface area contributed by atoms with Crippen LogP contribution in [-0.2, 0) is 4.74 Å². The zero-order valence-electron chi connectivity index (χ0n) is 14.6. The van der Waals surface area contributed by atoms with E-state index in [0.717, 1.165) is 38.7 Å². The Kier molecular flexibility index (Phi) is 8.68. The summed E-state index contributed by atoms with van der Waals surface area (Å²) in [4.78, 5) is 9.16. The van der Waals surface area contributed by atoms with Gasteiger partial charge in [0.1, 0.15) is 0 Å². The number of nitrogens with zero attached hydrogens (tertiary/aromatic N) is 3. The van der Waals surface area contributed by atoms with Gasteiger partial charge in [0.2, 0.25) is 0 Å². The summed E-state index contributed by atoms with van der Waals surface area (Å²) in [7, 11) is 3.56. The van der Waals surface area contributed by atoms with Gasteiger partial charge in [0.15, 0.2) is 5.96 Å². The van der Waals surface area contributed by atoms with Gasteiger partial charge in [-0.25, -0.2) is 0 Å². The number of rotatable bonds is 4. The Hall–Kier alpha value is -1.02. The Morgan fingerprint density at radius 1 is 1.22 bits per heavy atom. The second kappa shape index (κ2) is 9.97. The van der Waals surface area contributed by atoms with Crippen LogP contribution in [0.3, 0.4) is 0 Å². The Balaban J connectivity index is 0.00000264. The molecule has 130 valence electrons. The summed E-state index contributed by atoms with van der Waals surface area (Å²) in [6.45, 7) is 9.89. The van der Waals surface area contributed by atoms with Crippen LogP contribution < -0.4 is 10.2 Å². The molecule has 0 aromatic heterocycles. The normalized spacial score (nSPS) is 15.4. The summed E-state index contributed by atoms with van der Waals surface area (Å²) in [5, 5.41) is 3.35. The van der Waals surface area contributed by atoms with Crippen LogP contribution in [0.5, 0.6) is 0 Å². The van der Waals surface area contributed by atoms with Crippen LogP contribution in [0.2, 0.25) is 0 Å². The first-order valence-electron chi connectivity index (χ1n) is 7.93. The summed E-state index contributed by atoms with van der Waals surface area (Å²) in [6.07, 6.45) is 0. The Morgan fingerprint density at radius 3 is 2.52 bits per heavy atom. The summed E-state index contributed by atoms with van der Waals surface area (Å²) in [6, 6.07) is 6.55. The number of hydrogen-bond donors (Lipinski definition) is 1. The maximum Gasteiger partial charge on any atom is 0.193 e. The fourth-order valence-electron chi connectivity index (χ4n) is 2.83. The van der Waals surface area contributed by atoms with Crippen molar-refractivity contribution in [3.8, 4) is 0 Å². The molecule has 0 radical (unpaired) electrons. The van der Waals surface area contributed by atoms with Crippen molar-refractivity contribution in [1.82, 2.24) is 10.2 Å². The second-order valence-corrected chi connectivity index (χ2v) is 5.66. The molecule has 23 heavy (non-hydrogen) atoms. The van der Waals surface area contributed by atoms with Crippen molar-refractivity contribution in [2.45, 2.75) is 13.8 Å². The van der Waals surface area contributed by atoms with Crippen molar-refractivity contribution in [3.05, 3.63) is 29.3 Å². The van der Waals surface area contributed by atoms with Crippen LogP contribution in [0, 0.1) is 13.8 Å². The average molecular weight is 432 g/mol. The van der Waals surface area contributed by atoms with Crippen LogP contribution in [0.1, 0.15) is 11.1 Å². The van der Waals surface area contributed by atoms with Gasteiger partial charge in [0.25, 0.3) is 0 Å². The predicted molar refractivity (Wildman–Crippen MR) is 108 cm³/mol. The molecular weight excluding hydrogens is 403 g/mol. The lowest BCUT2D eigenvalue weighted by Crippen LogP contribution is -2.53. The topological polar surface area (TPSA) is 40.1 Å². The molecule has 6 heteroatoms. The minimum atomic E-state index is 0. The first-order chi connectivity index (χ1) is 10.7. The molecule has 0 atom stereocenters. The predicted octanol–water partition coefficient (Wildman–Crippen LogP) is 2.27. The van der Waals surface area contributed by atoms with Crippen molar-refractivity contribution < 1.29 is 4.74 Å². The van der Waals surface area contributed by atoms with E-state index in [4.69, 9.17) is 4.74 Å². The van der Waals surface area contributed by atoms with Crippen molar-refractivity contribution in [2.75, 3.05) is 58.4 Å². The highest BCUT2D eigenvalue weighted by atomic mass is 127. The van der Waals surface area contributed by atoms with Crippen molar-refractivity contribution in [3.63, 3.8) is 0 Å². The Morgan fingerprint density at radius 2 is 1.91 bits per heavy atom. The summed E-state index contributed by atoms with van der Waals surface area (Å²) in [5.74, 6) is 0.970. The number of halogens is 1. The van der Waals surface area contributed by atoms with Crippen molar-refractivity contribution in [2.24, 2.45) is 4.99 Å². The van der Waals surface area contributed by atoms with E-state index in [1.165, 1.54) is 16.8 Å². The zero-order chi connectivity index (χ0) is 15.9. The molecule has 1 fully saturated rings. The monoisotopic (exact) mass is 432 g/mol. The SMILES string of the molecule is CN=C(NCCOC)N1CCN(c2cccc(C)c2C)CC1.I. The molecule has 0 bridgehead atoms. The number of benzene rings is 1. The van der Waals surface area contributed by atoms with E-state index < -0.39 is 0 Å². The van der Waals surface area contributed by atoms with Gasteiger partial charge in [-0.1, -0.05) is 12.1 Å². The molecule has 1 N–H and O–H groups in total. The molecule has 0 amide bonds. The number of aliphatic imine (C=N–C) groups is 1. The van der Waals surface area contributed by atoms with Crippen LogP contribution >= 0.6 is 24.0 Å². The number of nitrogens with one attached hydrogen (secondary N) is 1. The summed E-state index contributed by atoms with van der Waals surface area (Å²) < 4.78 is 5.08. The third kappa shape index (κ3) is 5.24. The average Bonchev–Trinajstić information content (AvgIpc) is 2.55. The molecule has 1 aromatic rings. The maximum atomic E-state index is 5.08. The number of methoxy groups -OCH3 is 1. The highest BCUT2D eigenvalue weighted by Crippen LogP contribution is 2.23. The quantitative estimate of drug-likeness (QED) is 0.343. The van der Waals surface area contributed by atoms with Gasteiger partial charge >= 0.3 is 0 Å². The molecule has 0 aliphatic carbocycles. The van der Waals surface area contributed by atoms with Gasteiger partial charge in [-0.15, -0.1) is 24.0 Å². The summed E-state index contributed by atoms with van der Waals surface area (Å²) in [5.41, 5.74) is 4.11. The van der Waals surface area contributed by atoms with Gasteiger partial charge in [0.05, 0.1) is 6.61 Å². The largest absolute Gasteiger partial charge is 0.383 e. The fourth-order valence-corrected chi connectivity index (χ4v) is 2.83. The lowest BCUT2D eigenvalue weighted by Gasteiger charge is -2.38. The van der Waals surface area contributed by atoms with Crippen molar-refractivity contribution >= 4 is 35.6 Å². The third-order valence-corrected chi connectivity index (χ3v) is 4.30. The zero-order valence-corrected chi connectivity index (χ0v) is 17.0. The van der Waals surface area contributed by atoms with Gasteiger partial charge < -0.3 is 19.9 Å². The lowest BCUT2D eigenvalue weighted by atomic mass is 10.1. The molecule has 1 saturated heterocycles. The van der Waals surface area contributed by atoms with E-state index in [1.54, 1.807) is 7.11 Å². The molecule has 1 aliphatic heterocycles. The van der Waals surface area contributed by atoms with Crippen LogP contribution in [-0.4, -0.2) is 64.3 Å². The fraction of sp³-hybridized carbons (Fsp3) is 0.588. The van der Waals surface area contributed by atoms with E-state index >= 15 is 0 Å². The van der Waals surface area contributed by atoms with E-state index in [9.17, 15) is 0 Å². The highest BCUT2D eigenvalue weighted by molar-refractivity contribution is 14.0. The minimum absolute atomic E-state index is 0. The van der Waals surface area contributed by atoms with E-state index in [2.05, 4.69) is 52.2 Å². The van der Waals surface area contributed by atoms with Gasteiger partial charge in [-0.3, -0.25) is 4.99 Å².